The van der Waals surface area contributed by atoms with E-state index in [-0.39, 0.29) is 11.3 Å². The molecule has 0 spiro atoms. The molecule has 0 aliphatic heterocycles. The first-order chi connectivity index (χ1) is 7.16. The Morgan fingerprint density at radius 2 is 1.73 bits per heavy atom. The van der Waals surface area contributed by atoms with E-state index in [0.29, 0.717) is 5.41 Å². The van der Waals surface area contributed by atoms with Gasteiger partial charge in [0.05, 0.1) is 0 Å². The number of amides is 1. The summed E-state index contributed by atoms with van der Waals surface area (Å²) in [5, 5.41) is 2.81. The molecule has 3 nitrogen and oxygen atoms in total. The first-order valence-electron chi connectivity index (χ1n) is 5.72. The van der Waals surface area contributed by atoms with Gasteiger partial charge in [0.1, 0.15) is 0 Å². The summed E-state index contributed by atoms with van der Waals surface area (Å²) in [7, 11) is 1.74. The van der Waals surface area contributed by atoms with E-state index in [1.165, 1.54) is 0 Å². The zero-order valence-corrected chi connectivity index (χ0v) is 9.99. The van der Waals surface area contributed by atoms with Crippen LogP contribution in [-0.4, -0.2) is 19.5 Å². The minimum Gasteiger partial charge on any atom is -0.359 e. The fraction of sp³-hybridized carbons (Fsp3) is 0.909. The third-order valence-electron chi connectivity index (χ3n) is 4.55. The largest absolute Gasteiger partial charge is 0.359 e. The molecule has 3 rings (SSSR count). The molecule has 1 amide bonds. The van der Waals surface area contributed by atoms with E-state index in [0.717, 1.165) is 45.1 Å². The quantitative estimate of drug-likeness (QED) is 0.727. The van der Waals surface area contributed by atoms with Crippen molar-refractivity contribution in [1.29, 1.82) is 0 Å². The normalized spacial score (nSPS) is 39.1. The molecule has 4 heteroatoms. The standard InChI is InChI=1S/C11H19ClN2O/c1-13-9(15)11-5-2-10(3-6-11,4-7-11)8-14-12/h14H,2-8H2,1H3,(H,13,15). The monoisotopic (exact) mass is 230 g/mol. The Kier molecular flexibility index (Phi) is 2.95. The van der Waals surface area contributed by atoms with E-state index >= 15 is 0 Å². The van der Waals surface area contributed by atoms with E-state index in [9.17, 15) is 4.79 Å². The topological polar surface area (TPSA) is 41.1 Å². The Bertz CT molecular complexity index is 243. The lowest BCUT2D eigenvalue weighted by atomic mass is 9.53. The second-order valence-corrected chi connectivity index (χ2v) is 5.44. The van der Waals surface area contributed by atoms with Crippen molar-refractivity contribution in [3.05, 3.63) is 0 Å². The molecule has 0 aromatic heterocycles. The van der Waals surface area contributed by atoms with Gasteiger partial charge in [-0.3, -0.25) is 4.79 Å². The summed E-state index contributed by atoms with van der Waals surface area (Å²) in [4.78, 5) is 14.6. The second-order valence-electron chi connectivity index (χ2n) is 5.17. The van der Waals surface area contributed by atoms with E-state index in [2.05, 4.69) is 10.2 Å². The molecule has 3 aliphatic carbocycles. The van der Waals surface area contributed by atoms with Crippen LogP contribution in [0.4, 0.5) is 0 Å². The van der Waals surface area contributed by atoms with Gasteiger partial charge in [-0.25, -0.2) is 4.84 Å². The minimum absolute atomic E-state index is 0.0528. The van der Waals surface area contributed by atoms with Crippen molar-refractivity contribution in [2.45, 2.75) is 38.5 Å². The summed E-state index contributed by atoms with van der Waals surface area (Å²) in [6.45, 7) is 0.887. The molecule has 0 unspecified atom stereocenters. The van der Waals surface area contributed by atoms with Crippen LogP contribution in [0.1, 0.15) is 38.5 Å². The van der Waals surface area contributed by atoms with Gasteiger partial charge in [0, 0.05) is 19.0 Å². The number of nitrogens with one attached hydrogen (secondary N) is 2. The molecule has 15 heavy (non-hydrogen) atoms. The van der Waals surface area contributed by atoms with E-state index in [1.54, 1.807) is 7.05 Å². The Morgan fingerprint density at radius 1 is 1.20 bits per heavy atom. The predicted octanol–water partition coefficient (Wildman–Crippen LogP) is 1.82. The number of carbonyl (C=O) groups is 1. The van der Waals surface area contributed by atoms with Crippen LogP contribution in [0.25, 0.3) is 0 Å². The molecule has 3 fully saturated rings. The number of hydrogen-bond acceptors (Lipinski definition) is 2. The lowest BCUT2D eigenvalue weighted by molar-refractivity contribution is -0.139. The number of fused-ring (bicyclic) bond motifs is 3. The predicted molar refractivity (Wildman–Crippen MR) is 60.5 cm³/mol. The van der Waals surface area contributed by atoms with Crippen molar-refractivity contribution in [3.8, 4) is 0 Å². The van der Waals surface area contributed by atoms with Gasteiger partial charge < -0.3 is 5.32 Å². The van der Waals surface area contributed by atoms with Gasteiger partial charge in [-0.05, 0) is 55.7 Å². The van der Waals surface area contributed by atoms with Crippen LogP contribution in [0.15, 0.2) is 0 Å². The maximum absolute atomic E-state index is 11.9. The first kappa shape index (κ1) is 11.2. The van der Waals surface area contributed by atoms with Crippen LogP contribution < -0.4 is 10.2 Å². The van der Waals surface area contributed by atoms with Crippen molar-refractivity contribution >= 4 is 17.7 Å². The van der Waals surface area contributed by atoms with Crippen LogP contribution in [0.2, 0.25) is 0 Å². The van der Waals surface area contributed by atoms with Gasteiger partial charge in [0.15, 0.2) is 0 Å². The molecule has 86 valence electrons. The zero-order valence-electron chi connectivity index (χ0n) is 9.24. The van der Waals surface area contributed by atoms with Crippen LogP contribution in [0.3, 0.4) is 0 Å². The van der Waals surface area contributed by atoms with Crippen LogP contribution >= 0.6 is 11.8 Å². The van der Waals surface area contributed by atoms with Gasteiger partial charge in [-0.15, -0.1) is 0 Å². The molecule has 0 saturated heterocycles. The Labute approximate surface area is 96.1 Å². The van der Waals surface area contributed by atoms with Crippen molar-refractivity contribution in [3.63, 3.8) is 0 Å². The molecular formula is C11H19ClN2O. The average molecular weight is 231 g/mol. The number of rotatable bonds is 3. The van der Waals surface area contributed by atoms with Crippen molar-refractivity contribution in [2.24, 2.45) is 10.8 Å². The summed E-state index contributed by atoms with van der Waals surface area (Å²) < 4.78 is 0. The average Bonchev–Trinajstić information content (AvgIpc) is 2.30. The molecular weight excluding hydrogens is 212 g/mol. The Hall–Kier alpha value is -0.280. The Morgan fingerprint density at radius 3 is 2.13 bits per heavy atom. The van der Waals surface area contributed by atoms with E-state index in [1.807, 2.05) is 0 Å². The number of halogens is 1. The van der Waals surface area contributed by atoms with Crippen molar-refractivity contribution in [1.82, 2.24) is 10.2 Å². The highest BCUT2D eigenvalue weighted by atomic mass is 35.5. The maximum atomic E-state index is 11.9. The number of carbonyl (C=O) groups excluding carboxylic acids is 1. The van der Waals surface area contributed by atoms with Gasteiger partial charge in [0.2, 0.25) is 5.91 Å². The molecule has 0 radical (unpaired) electrons. The fourth-order valence-corrected chi connectivity index (χ4v) is 3.56. The van der Waals surface area contributed by atoms with Gasteiger partial charge in [0.25, 0.3) is 0 Å². The number of hydrogen-bond donors (Lipinski definition) is 2. The highest BCUT2D eigenvalue weighted by Crippen LogP contribution is 2.56. The highest BCUT2D eigenvalue weighted by molar-refractivity contribution is 6.13. The SMILES string of the molecule is CNC(=O)C12CCC(CNCl)(CC1)CC2. The lowest BCUT2D eigenvalue weighted by Gasteiger charge is -2.52. The molecule has 0 heterocycles. The third kappa shape index (κ3) is 1.76. The molecule has 0 atom stereocenters. The zero-order chi connectivity index (χ0) is 10.9. The van der Waals surface area contributed by atoms with Gasteiger partial charge in [-0.2, -0.15) is 0 Å². The van der Waals surface area contributed by atoms with Gasteiger partial charge >= 0.3 is 0 Å². The van der Waals surface area contributed by atoms with E-state index in [4.69, 9.17) is 11.8 Å². The smallest absolute Gasteiger partial charge is 0.225 e. The highest BCUT2D eigenvalue weighted by Gasteiger charge is 2.51. The summed E-state index contributed by atoms with van der Waals surface area (Å²) in [5.74, 6) is 0.245. The van der Waals surface area contributed by atoms with Gasteiger partial charge in [-0.1, -0.05) is 0 Å². The van der Waals surface area contributed by atoms with Crippen molar-refractivity contribution < 1.29 is 4.79 Å². The summed E-state index contributed by atoms with van der Waals surface area (Å²) in [6.07, 6.45) is 6.52. The van der Waals surface area contributed by atoms with Crippen LogP contribution in [-0.2, 0) is 4.79 Å². The summed E-state index contributed by atoms with van der Waals surface area (Å²) in [6, 6.07) is 0. The lowest BCUT2D eigenvalue weighted by Crippen LogP contribution is -2.51. The summed E-state index contributed by atoms with van der Waals surface area (Å²) >= 11 is 5.62. The summed E-state index contributed by atoms with van der Waals surface area (Å²) in [5.41, 5.74) is 0.320. The third-order valence-corrected chi connectivity index (χ3v) is 4.69. The molecule has 3 saturated carbocycles. The molecule has 3 aliphatic rings. The van der Waals surface area contributed by atoms with E-state index < -0.39 is 0 Å². The molecule has 0 aromatic rings. The fourth-order valence-electron chi connectivity index (χ4n) is 3.28. The second kappa shape index (κ2) is 3.95. The van der Waals surface area contributed by atoms with Crippen molar-refractivity contribution in [2.75, 3.05) is 13.6 Å². The molecule has 0 aromatic carbocycles. The molecule has 2 bridgehead atoms. The first-order valence-corrected chi connectivity index (χ1v) is 6.10. The Balaban J connectivity index is 2.07. The van der Waals surface area contributed by atoms with Crippen LogP contribution in [0.5, 0.6) is 0 Å². The molecule has 2 N–H and O–H groups in total. The van der Waals surface area contributed by atoms with Crippen LogP contribution in [0, 0.1) is 10.8 Å². The maximum Gasteiger partial charge on any atom is 0.225 e. The minimum atomic E-state index is -0.0528.